The first-order chi connectivity index (χ1) is 15.9. The molecule has 1 aromatic carbocycles. The van der Waals surface area contributed by atoms with E-state index in [0.29, 0.717) is 6.42 Å². The van der Waals surface area contributed by atoms with Gasteiger partial charge in [0.05, 0.1) is 0 Å². The van der Waals surface area contributed by atoms with Crippen molar-refractivity contribution in [3.8, 4) is 0 Å². The second-order valence-electron chi connectivity index (χ2n) is 8.92. The van der Waals surface area contributed by atoms with Crippen LogP contribution in [-0.2, 0) is 23.9 Å². The lowest BCUT2D eigenvalue weighted by Gasteiger charge is -2.35. The zero-order valence-corrected chi connectivity index (χ0v) is 20.1. The molecule has 4 amide bonds. The number of hydrogen-bond acceptors (Lipinski definition) is 6. The first kappa shape index (κ1) is 25.6. The zero-order chi connectivity index (χ0) is 25.2. The van der Waals surface area contributed by atoms with Crippen LogP contribution >= 0.6 is 11.6 Å². The van der Waals surface area contributed by atoms with Gasteiger partial charge in [0.25, 0.3) is 11.8 Å². The van der Waals surface area contributed by atoms with E-state index in [1.807, 2.05) is 6.92 Å². The van der Waals surface area contributed by atoms with Crippen LogP contribution in [0.25, 0.3) is 0 Å². The highest BCUT2D eigenvalue weighted by atomic mass is 35.5. The number of nitrogens with two attached hydrogens (primary N) is 1. The highest BCUT2D eigenvalue weighted by Gasteiger charge is 2.45. The van der Waals surface area contributed by atoms with Crippen LogP contribution in [0.15, 0.2) is 24.3 Å². The van der Waals surface area contributed by atoms with E-state index in [9.17, 15) is 24.0 Å². The third kappa shape index (κ3) is 5.74. The van der Waals surface area contributed by atoms with Crippen LogP contribution in [0.5, 0.6) is 0 Å². The molecular formula is C23H29ClN4O6. The Hall–Kier alpha value is -2.98. The molecule has 2 fully saturated rings. The van der Waals surface area contributed by atoms with Crippen molar-refractivity contribution in [2.75, 3.05) is 12.0 Å². The molecule has 1 aliphatic carbocycles. The van der Waals surface area contributed by atoms with Gasteiger partial charge < -0.3 is 21.1 Å². The third-order valence-corrected chi connectivity index (χ3v) is 6.36. The van der Waals surface area contributed by atoms with Crippen LogP contribution in [0.4, 0.5) is 5.69 Å². The summed E-state index contributed by atoms with van der Waals surface area (Å²) in [4.78, 5) is 65.1. The minimum absolute atomic E-state index is 0.0878. The van der Waals surface area contributed by atoms with Crippen LogP contribution in [0.1, 0.15) is 49.9 Å². The Bertz CT molecular complexity index is 1010. The molecule has 1 heterocycles. The minimum atomic E-state index is -1.89. The molecule has 0 bridgehead atoms. The molecule has 10 nitrogen and oxygen atoms in total. The largest absolute Gasteiger partial charge is 0.366 e. The fourth-order valence-corrected chi connectivity index (χ4v) is 4.03. The lowest BCUT2D eigenvalue weighted by atomic mass is 9.92. The van der Waals surface area contributed by atoms with Crippen LogP contribution in [0.2, 0.25) is 0 Å². The minimum Gasteiger partial charge on any atom is -0.366 e. The van der Waals surface area contributed by atoms with Gasteiger partial charge in [-0.2, -0.15) is 0 Å². The standard InChI is InChI=1S/C23H29ClN4O6/c1-12-9-14(20(31)26-12)11-17(18(29)21(32)27-15-7-8-15)28(22(33)23(2,24)34-3)16-6-4-5-13(10-16)19(25)30/h4-6,10,12,14-15,17H,7-9,11H2,1-3H3,(H2,25,30)(H,26,31)(H,27,32)/t12-,14+,17+,23+/m1/s1. The maximum atomic E-state index is 13.6. The summed E-state index contributed by atoms with van der Waals surface area (Å²) in [6.45, 7) is 3.13. The first-order valence-corrected chi connectivity index (χ1v) is 11.4. The van der Waals surface area contributed by atoms with Gasteiger partial charge in [-0.15, -0.1) is 0 Å². The predicted octanol–water partition coefficient (Wildman–Crippen LogP) is 0.851. The van der Waals surface area contributed by atoms with Crippen molar-refractivity contribution < 1.29 is 28.7 Å². The Morgan fingerprint density at radius 2 is 2.00 bits per heavy atom. The lowest BCUT2D eigenvalue weighted by Crippen LogP contribution is -2.56. The maximum Gasteiger partial charge on any atom is 0.289 e. The van der Waals surface area contributed by atoms with E-state index < -0.39 is 40.5 Å². The van der Waals surface area contributed by atoms with Gasteiger partial charge in [-0.05, 0) is 57.7 Å². The number of ketones is 1. The topological polar surface area (TPSA) is 148 Å². The third-order valence-electron chi connectivity index (χ3n) is 6.05. The molecule has 1 saturated heterocycles. The Morgan fingerprint density at radius 3 is 2.53 bits per heavy atom. The number of ether oxygens (including phenoxy) is 1. The lowest BCUT2D eigenvalue weighted by molar-refractivity contribution is -0.141. The smallest absolute Gasteiger partial charge is 0.289 e. The second kappa shape index (κ2) is 10.1. The average molecular weight is 493 g/mol. The molecule has 1 aliphatic heterocycles. The second-order valence-corrected chi connectivity index (χ2v) is 9.64. The average Bonchev–Trinajstić information content (AvgIpc) is 3.55. The van der Waals surface area contributed by atoms with E-state index in [-0.39, 0.29) is 35.7 Å². The van der Waals surface area contributed by atoms with E-state index in [4.69, 9.17) is 22.1 Å². The summed E-state index contributed by atoms with van der Waals surface area (Å²) in [5.74, 6) is -4.20. The molecular weight excluding hydrogens is 464 g/mol. The number of methoxy groups -OCH3 is 1. The molecule has 184 valence electrons. The van der Waals surface area contributed by atoms with E-state index in [1.54, 1.807) is 0 Å². The number of carbonyl (C=O) groups excluding carboxylic acids is 5. The first-order valence-electron chi connectivity index (χ1n) is 11.1. The number of primary amides is 1. The molecule has 0 radical (unpaired) electrons. The summed E-state index contributed by atoms with van der Waals surface area (Å²) in [5, 5.41) is 3.54. The molecule has 4 atom stereocenters. The van der Waals surface area contributed by atoms with Crippen LogP contribution < -0.4 is 21.3 Å². The van der Waals surface area contributed by atoms with Crippen molar-refractivity contribution >= 4 is 46.7 Å². The van der Waals surface area contributed by atoms with Gasteiger partial charge in [0, 0.05) is 36.4 Å². The number of hydrogen-bond donors (Lipinski definition) is 3. The van der Waals surface area contributed by atoms with Crippen LogP contribution in [0.3, 0.4) is 0 Å². The summed E-state index contributed by atoms with van der Waals surface area (Å²) in [6, 6.07) is 4.18. The molecule has 3 rings (SSSR count). The summed E-state index contributed by atoms with van der Waals surface area (Å²) in [6.07, 6.45) is 1.84. The quantitative estimate of drug-likeness (QED) is 0.326. The fraction of sp³-hybridized carbons (Fsp3) is 0.522. The number of amides is 4. The van der Waals surface area contributed by atoms with Gasteiger partial charge in [0.1, 0.15) is 6.04 Å². The SMILES string of the molecule is CO[C@](C)(Cl)C(=O)N(c1cccc(C(N)=O)c1)[C@@H](C[C@@H]1C[C@@H](C)NC1=O)C(=O)C(=O)NC1CC1. The number of Topliss-reactive ketones (excluding diaryl/α,β-unsaturated/α-hetero) is 1. The molecule has 11 heteroatoms. The molecule has 0 aromatic heterocycles. The summed E-state index contributed by atoms with van der Waals surface area (Å²) in [5.41, 5.74) is 5.61. The number of rotatable bonds is 10. The van der Waals surface area contributed by atoms with Crippen molar-refractivity contribution in [1.82, 2.24) is 10.6 Å². The Kier molecular flexibility index (Phi) is 7.62. The van der Waals surface area contributed by atoms with Crippen molar-refractivity contribution in [2.24, 2.45) is 11.7 Å². The molecule has 4 N–H and O–H groups in total. The van der Waals surface area contributed by atoms with Gasteiger partial charge in [-0.3, -0.25) is 28.9 Å². The number of halogens is 1. The van der Waals surface area contributed by atoms with Gasteiger partial charge in [-0.1, -0.05) is 17.7 Å². The van der Waals surface area contributed by atoms with E-state index >= 15 is 0 Å². The molecule has 0 unspecified atom stereocenters. The number of nitrogens with zero attached hydrogens (tertiary/aromatic N) is 1. The molecule has 1 aromatic rings. The predicted molar refractivity (Wildman–Crippen MR) is 124 cm³/mol. The van der Waals surface area contributed by atoms with Crippen molar-refractivity contribution in [1.29, 1.82) is 0 Å². The normalized spacial score (nSPS) is 22.3. The van der Waals surface area contributed by atoms with Gasteiger partial charge in [0.15, 0.2) is 0 Å². The fourth-order valence-electron chi connectivity index (χ4n) is 3.94. The van der Waals surface area contributed by atoms with Gasteiger partial charge >= 0.3 is 0 Å². The van der Waals surface area contributed by atoms with Crippen LogP contribution in [0, 0.1) is 5.92 Å². The number of carbonyl (C=O) groups is 5. The number of nitrogens with one attached hydrogen (secondary N) is 2. The van der Waals surface area contributed by atoms with Crippen LogP contribution in [-0.4, -0.2) is 59.7 Å². The molecule has 2 aliphatic rings. The van der Waals surface area contributed by atoms with Crippen molar-refractivity contribution in [2.45, 2.75) is 62.7 Å². The number of benzene rings is 1. The summed E-state index contributed by atoms with van der Waals surface area (Å²) < 4.78 is 5.14. The zero-order valence-electron chi connectivity index (χ0n) is 19.3. The van der Waals surface area contributed by atoms with E-state index in [0.717, 1.165) is 17.7 Å². The highest BCUT2D eigenvalue weighted by Crippen LogP contribution is 2.31. The number of anilines is 1. The summed E-state index contributed by atoms with van der Waals surface area (Å²) in [7, 11) is 1.23. The maximum absolute atomic E-state index is 13.6. The van der Waals surface area contributed by atoms with Gasteiger partial charge in [0.2, 0.25) is 22.7 Å². The van der Waals surface area contributed by atoms with E-state index in [1.165, 1.54) is 38.3 Å². The Labute approximate surface area is 202 Å². The number of alkyl halides is 1. The highest BCUT2D eigenvalue weighted by molar-refractivity contribution is 6.41. The molecule has 34 heavy (non-hydrogen) atoms. The Morgan fingerprint density at radius 1 is 1.32 bits per heavy atom. The Balaban J connectivity index is 2.08. The molecule has 1 saturated carbocycles. The van der Waals surface area contributed by atoms with Gasteiger partial charge in [-0.25, -0.2) is 0 Å². The van der Waals surface area contributed by atoms with Crippen molar-refractivity contribution in [3.05, 3.63) is 29.8 Å². The van der Waals surface area contributed by atoms with E-state index in [2.05, 4.69) is 10.6 Å². The van der Waals surface area contributed by atoms with Crippen molar-refractivity contribution in [3.63, 3.8) is 0 Å². The monoisotopic (exact) mass is 492 g/mol. The summed E-state index contributed by atoms with van der Waals surface area (Å²) >= 11 is 6.31. The molecule has 0 spiro atoms.